The summed E-state index contributed by atoms with van der Waals surface area (Å²) in [5.74, 6) is 1.85. The molecule has 0 amide bonds. The Bertz CT molecular complexity index is 551. The number of hydrogen-bond acceptors (Lipinski definition) is 6. The average molecular weight is 291 g/mol. The second-order valence-corrected chi connectivity index (χ2v) is 4.74. The van der Waals surface area contributed by atoms with Gasteiger partial charge in [-0.1, -0.05) is 24.2 Å². The van der Waals surface area contributed by atoms with E-state index in [1.807, 2.05) is 24.3 Å². The summed E-state index contributed by atoms with van der Waals surface area (Å²) in [6.07, 6.45) is 1.01. The fourth-order valence-electron chi connectivity index (χ4n) is 2.12. The predicted octanol–water partition coefficient (Wildman–Crippen LogP) is 1.95. The maximum Gasteiger partial charge on any atom is 0.241 e. The van der Waals surface area contributed by atoms with Crippen molar-refractivity contribution in [3.05, 3.63) is 30.2 Å². The normalized spacial score (nSPS) is 11.0. The Labute approximate surface area is 124 Å². The second kappa shape index (κ2) is 7.75. The molecule has 0 aliphatic carbocycles. The lowest BCUT2D eigenvalue weighted by Gasteiger charge is -2.17. The molecule has 1 aromatic carbocycles. The van der Waals surface area contributed by atoms with E-state index in [1.54, 1.807) is 7.11 Å². The SMILES string of the molecule is CCCN(CCO)Cc1nc(-c2cccc(OC)c2)no1. The Hall–Kier alpha value is -1.92. The molecule has 0 radical (unpaired) electrons. The number of ether oxygens (including phenoxy) is 1. The van der Waals surface area contributed by atoms with Crippen molar-refractivity contribution in [3.63, 3.8) is 0 Å². The topological polar surface area (TPSA) is 71.6 Å². The van der Waals surface area contributed by atoms with Gasteiger partial charge in [-0.2, -0.15) is 4.98 Å². The minimum absolute atomic E-state index is 0.122. The van der Waals surface area contributed by atoms with Crippen molar-refractivity contribution >= 4 is 0 Å². The van der Waals surface area contributed by atoms with Gasteiger partial charge in [-0.25, -0.2) is 0 Å². The van der Waals surface area contributed by atoms with Crippen molar-refractivity contribution < 1.29 is 14.4 Å². The van der Waals surface area contributed by atoms with Crippen LogP contribution in [0.2, 0.25) is 0 Å². The fourth-order valence-corrected chi connectivity index (χ4v) is 2.12. The van der Waals surface area contributed by atoms with Crippen LogP contribution in [0.5, 0.6) is 5.75 Å². The summed E-state index contributed by atoms with van der Waals surface area (Å²) < 4.78 is 10.5. The standard InChI is InChI=1S/C15H21N3O3/c1-3-7-18(8-9-19)11-14-16-15(17-21-14)12-5-4-6-13(10-12)20-2/h4-6,10,19H,3,7-9,11H2,1-2H3. The van der Waals surface area contributed by atoms with Crippen LogP contribution in [0.4, 0.5) is 0 Å². The van der Waals surface area contributed by atoms with Crippen LogP contribution in [0.3, 0.4) is 0 Å². The molecule has 6 nitrogen and oxygen atoms in total. The van der Waals surface area contributed by atoms with Crippen molar-refractivity contribution in [2.45, 2.75) is 19.9 Å². The molecule has 0 unspecified atom stereocenters. The molecular formula is C15H21N3O3. The van der Waals surface area contributed by atoms with Gasteiger partial charge in [0.25, 0.3) is 0 Å². The highest BCUT2D eigenvalue weighted by Crippen LogP contribution is 2.21. The molecule has 1 N–H and O–H groups in total. The van der Waals surface area contributed by atoms with Crippen molar-refractivity contribution in [2.75, 3.05) is 26.8 Å². The number of aliphatic hydroxyl groups is 1. The van der Waals surface area contributed by atoms with Crippen LogP contribution in [0.15, 0.2) is 28.8 Å². The third-order valence-corrected chi connectivity index (χ3v) is 3.11. The summed E-state index contributed by atoms with van der Waals surface area (Å²) in [6.45, 7) is 4.25. The van der Waals surface area contributed by atoms with Crippen molar-refractivity contribution in [1.82, 2.24) is 15.0 Å². The Morgan fingerprint density at radius 2 is 2.19 bits per heavy atom. The van der Waals surface area contributed by atoms with E-state index in [0.29, 0.717) is 24.8 Å². The number of nitrogens with zero attached hydrogens (tertiary/aromatic N) is 3. The summed E-state index contributed by atoms with van der Waals surface area (Å²) in [4.78, 5) is 6.49. The smallest absolute Gasteiger partial charge is 0.241 e. The maximum atomic E-state index is 9.06. The summed E-state index contributed by atoms with van der Waals surface area (Å²) >= 11 is 0. The lowest BCUT2D eigenvalue weighted by molar-refractivity contribution is 0.174. The van der Waals surface area contributed by atoms with Crippen LogP contribution in [0.1, 0.15) is 19.2 Å². The van der Waals surface area contributed by atoms with Crippen LogP contribution < -0.4 is 4.74 Å². The number of aromatic nitrogens is 2. The maximum absolute atomic E-state index is 9.06. The van der Waals surface area contributed by atoms with E-state index >= 15 is 0 Å². The summed E-state index contributed by atoms with van der Waals surface area (Å²) in [5, 5.41) is 13.1. The van der Waals surface area contributed by atoms with Gasteiger partial charge in [0, 0.05) is 12.1 Å². The zero-order valence-corrected chi connectivity index (χ0v) is 12.5. The summed E-state index contributed by atoms with van der Waals surface area (Å²) in [7, 11) is 1.62. The predicted molar refractivity (Wildman–Crippen MR) is 78.9 cm³/mol. The Balaban J connectivity index is 2.09. The fraction of sp³-hybridized carbons (Fsp3) is 0.467. The van der Waals surface area contributed by atoms with Gasteiger partial charge in [0.1, 0.15) is 5.75 Å². The first kappa shape index (κ1) is 15.5. The van der Waals surface area contributed by atoms with Crippen LogP contribution >= 0.6 is 0 Å². The minimum atomic E-state index is 0.122. The van der Waals surface area contributed by atoms with Crippen LogP contribution in [0, 0.1) is 0 Å². The Morgan fingerprint density at radius 3 is 2.90 bits per heavy atom. The molecule has 0 bridgehead atoms. The molecule has 114 valence electrons. The molecule has 2 rings (SSSR count). The Morgan fingerprint density at radius 1 is 1.33 bits per heavy atom. The third-order valence-electron chi connectivity index (χ3n) is 3.11. The molecule has 0 saturated carbocycles. The monoisotopic (exact) mass is 291 g/mol. The molecule has 6 heteroatoms. The van der Waals surface area contributed by atoms with Crippen molar-refractivity contribution in [3.8, 4) is 17.1 Å². The molecule has 2 aromatic rings. The minimum Gasteiger partial charge on any atom is -0.497 e. The largest absolute Gasteiger partial charge is 0.497 e. The number of benzene rings is 1. The van der Waals surface area contributed by atoms with E-state index in [-0.39, 0.29) is 6.61 Å². The third kappa shape index (κ3) is 4.27. The highest BCUT2D eigenvalue weighted by molar-refractivity contribution is 5.56. The van der Waals surface area contributed by atoms with E-state index < -0.39 is 0 Å². The molecule has 0 aliphatic rings. The zero-order chi connectivity index (χ0) is 15.1. The van der Waals surface area contributed by atoms with Crippen LogP contribution in [-0.4, -0.2) is 47.0 Å². The van der Waals surface area contributed by atoms with E-state index in [4.69, 9.17) is 14.4 Å². The second-order valence-electron chi connectivity index (χ2n) is 4.74. The number of methoxy groups -OCH3 is 1. The first-order chi connectivity index (χ1) is 10.3. The molecule has 0 fully saturated rings. The highest BCUT2D eigenvalue weighted by Gasteiger charge is 2.12. The van der Waals surface area contributed by atoms with E-state index in [9.17, 15) is 0 Å². The van der Waals surface area contributed by atoms with Gasteiger partial charge in [-0.05, 0) is 25.1 Å². The molecule has 0 spiro atoms. The van der Waals surface area contributed by atoms with Gasteiger partial charge in [0.05, 0.1) is 20.3 Å². The molecule has 0 saturated heterocycles. The lowest BCUT2D eigenvalue weighted by atomic mass is 10.2. The van der Waals surface area contributed by atoms with Crippen LogP contribution in [0.25, 0.3) is 11.4 Å². The first-order valence-electron chi connectivity index (χ1n) is 7.07. The van der Waals surface area contributed by atoms with Gasteiger partial charge in [-0.3, -0.25) is 4.90 Å². The first-order valence-corrected chi connectivity index (χ1v) is 7.07. The van der Waals surface area contributed by atoms with Crippen LogP contribution in [-0.2, 0) is 6.54 Å². The quantitative estimate of drug-likeness (QED) is 0.801. The van der Waals surface area contributed by atoms with E-state index in [2.05, 4.69) is 22.0 Å². The molecule has 0 atom stereocenters. The van der Waals surface area contributed by atoms with Gasteiger partial charge >= 0.3 is 0 Å². The summed E-state index contributed by atoms with van der Waals surface area (Å²) in [5.41, 5.74) is 0.855. The molecule has 0 aliphatic heterocycles. The molecule has 1 aromatic heterocycles. The highest BCUT2D eigenvalue weighted by atomic mass is 16.5. The van der Waals surface area contributed by atoms with E-state index in [1.165, 1.54) is 0 Å². The van der Waals surface area contributed by atoms with Crippen molar-refractivity contribution in [2.24, 2.45) is 0 Å². The van der Waals surface area contributed by atoms with Crippen molar-refractivity contribution in [1.29, 1.82) is 0 Å². The number of aliphatic hydroxyl groups excluding tert-OH is 1. The molecule has 21 heavy (non-hydrogen) atoms. The van der Waals surface area contributed by atoms with E-state index in [0.717, 1.165) is 24.3 Å². The molecular weight excluding hydrogens is 270 g/mol. The number of rotatable bonds is 8. The number of hydrogen-bond donors (Lipinski definition) is 1. The Kier molecular flexibility index (Phi) is 5.71. The summed E-state index contributed by atoms with van der Waals surface area (Å²) in [6, 6.07) is 7.54. The van der Waals surface area contributed by atoms with Gasteiger partial charge in [0.15, 0.2) is 0 Å². The average Bonchev–Trinajstić information content (AvgIpc) is 2.96. The zero-order valence-electron chi connectivity index (χ0n) is 12.5. The van der Waals surface area contributed by atoms with Gasteiger partial charge in [0.2, 0.25) is 11.7 Å². The lowest BCUT2D eigenvalue weighted by Crippen LogP contribution is -2.27. The van der Waals surface area contributed by atoms with Gasteiger partial charge < -0.3 is 14.4 Å². The molecule has 1 heterocycles. The van der Waals surface area contributed by atoms with Gasteiger partial charge in [-0.15, -0.1) is 0 Å².